The van der Waals surface area contributed by atoms with Gasteiger partial charge in [-0.25, -0.2) is 10.2 Å². The summed E-state index contributed by atoms with van der Waals surface area (Å²) in [4.78, 5) is 26.3. The largest absolute Gasteiger partial charge is 0.493 e. The second-order valence-electron chi connectivity index (χ2n) is 11.1. The van der Waals surface area contributed by atoms with Crippen molar-refractivity contribution in [2.75, 3.05) is 11.9 Å². The molecule has 4 bridgehead atoms. The van der Waals surface area contributed by atoms with E-state index in [4.69, 9.17) is 40.2 Å². The summed E-state index contributed by atoms with van der Waals surface area (Å²) in [5.74, 6) is 2.86. The molecule has 6 nitrogen and oxygen atoms in total. The number of thioether (sulfide) groups is 1. The van der Waals surface area contributed by atoms with Crippen molar-refractivity contribution in [1.82, 2.24) is 10.4 Å². The van der Waals surface area contributed by atoms with Crippen molar-refractivity contribution in [2.45, 2.75) is 50.9 Å². The molecule has 1 heterocycles. The number of rotatable bonds is 6. The maximum Gasteiger partial charge on any atom is 0.338 e. The summed E-state index contributed by atoms with van der Waals surface area (Å²) in [5.41, 5.74) is 5.42. The first-order valence-corrected chi connectivity index (χ1v) is 15.3. The fraction of sp³-hybridized carbons (Fsp3) is 0.414. The molecule has 4 saturated carbocycles. The molecule has 0 spiro atoms. The summed E-state index contributed by atoms with van der Waals surface area (Å²) >= 11 is 18.6. The van der Waals surface area contributed by atoms with E-state index in [9.17, 15) is 9.59 Å². The van der Waals surface area contributed by atoms with E-state index in [1.54, 1.807) is 12.1 Å². The Kier molecular flexibility index (Phi) is 7.33. The van der Waals surface area contributed by atoms with Crippen molar-refractivity contribution in [1.29, 1.82) is 0 Å². The highest BCUT2D eigenvalue weighted by Gasteiger charge is 2.51. The highest BCUT2D eigenvalue weighted by atomic mass is 35.5. The van der Waals surface area contributed by atoms with E-state index in [-0.39, 0.29) is 9.74 Å². The topological polar surface area (TPSA) is 70.7 Å². The number of urea groups is 1. The van der Waals surface area contributed by atoms with Gasteiger partial charge in [0.1, 0.15) is 5.75 Å². The minimum absolute atomic E-state index is 0.227. The number of amides is 3. The Hall–Kier alpha value is -2.26. The van der Waals surface area contributed by atoms with Crippen LogP contribution in [0.4, 0.5) is 10.5 Å². The van der Waals surface area contributed by atoms with Gasteiger partial charge in [0.25, 0.3) is 5.91 Å². The molecule has 7 rings (SSSR count). The van der Waals surface area contributed by atoms with Gasteiger partial charge in [-0.05, 0) is 123 Å². The second-order valence-corrected chi connectivity index (χ2v) is 13.6. The minimum Gasteiger partial charge on any atom is -0.493 e. The lowest BCUT2D eigenvalue weighted by Gasteiger charge is -2.57. The van der Waals surface area contributed by atoms with E-state index >= 15 is 0 Å². The van der Waals surface area contributed by atoms with Crippen LogP contribution in [0.25, 0.3) is 6.08 Å². The Morgan fingerprint density at radius 2 is 1.79 bits per heavy atom. The van der Waals surface area contributed by atoms with E-state index in [1.807, 2.05) is 19.1 Å². The van der Waals surface area contributed by atoms with E-state index in [0.717, 1.165) is 45.8 Å². The van der Waals surface area contributed by atoms with Gasteiger partial charge in [-0.2, -0.15) is 5.01 Å². The highest BCUT2D eigenvalue weighted by molar-refractivity contribution is 8.26. The number of carbonyl (C=O) groups is 2. The van der Waals surface area contributed by atoms with Gasteiger partial charge >= 0.3 is 6.03 Å². The summed E-state index contributed by atoms with van der Waals surface area (Å²) in [6.45, 7) is 2.47. The first-order valence-electron chi connectivity index (χ1n) is 13.3. The number of anilines is 1. The van der Waals surface area contributed by atoms with Crippen LogP contribution in [0, 0.1) is 17.8 Å². The Balaban J connectivity index is 1.23. The van der Waals surface area contributed by atoms with Crippen LogP contribution >= 0.6 is 47.2 Å². The summed E-state index contributed by atoms with van der Waals surface area (Å²) in [6.07, 6.45) is 9.77. The quantitative estimate of drug-likeness (QED) is 0.261. The normalized spacial score (nSPS) is 28.3. The second kappa shape index (κ2) is 10.6. The minimum atomic E-state index is -0.621. The van der Waals surface area contributed by atoms with Crippen molar-refractivity contribution in [3.63, 3.8) is 0 Å². The van der Waals surface area contributed by atoms with Gasteiger partial charge in [0.2, 0.25) is 0 Å². The Labute approximate surface area is 247 Å². The molecular formula is C29H29Cl2N3O3S2. The van der Waals surface area contributed by atoms with Gasteiger partial charge in [-0.15, -0.1) is 0 Å². The van der Waals surface area contributed by atoms with Crippen LogP contribution in [0.1, 0.15) is 56.6 Å². The van der Waals surface area contributed by atoms with Gasteiger partial charge in [0.05, 0.1) is 21.6 Å². The van der Waals surface area contributed by atoms with Crippen LogP contribution < -0.4 is 15.5 Å². The van der Waals surface area contributed by atoms with Gasteiger partial charge in [-0.1, -0.05) is 41.0 Å². The summed E-state index contributed by atoms with van der Waals surface area (Å²) in [7, 11) is 0. The molecule has 10 heteroatoms. The molecule has 39 heavy (non-hydrogen) atoms. The average Bonchev–Trinajstić information content (AvgIpc) is 3.14. The number of hydrogen-bond acceptors (Lipinski definition) is 5. The van der Waals surface area contributed by atoms with Gasteiger partial charge in [0, 0.05) is 11.3 Å². The third kappa shape index (κ3) is 5.29. The molecule has 0 aromatic heterocycles. The molecule has 0 radical (unpaired) electrons. The van der Waals surface area contributed by atoms with Crippen molar-refractivity contribution in [3.05, 3.63) is 62.5 Å². The molecule has 1 aliphatic heterocycles. The lowest BCUT2D eigenvalue weighted by molar-refractivity contribution is -0.123. The smallest absolute Gasteiger partial charge is 0.338 e. The predicted molar refractivity (Wildman–Crippen MR) is 161 cm³/mol. The molecule has 0 atom stereocenters. The fourth-order valence-corrected chi connectivity index (χ4v) is 8.75. The number of nitrogens with zero attached hydrogens (tertiary/aromatic N) is 1. The number of hydrazine groups is 1. The number of benzene rings is 2. The standard InChI is InChI=1S/C29H29Cl2N3O3S2/c1-2-37-24-6-3-20(29-13-16-7-17(14-29)9-18(8-16)15-29)10-19(24)11-25-26(35)34(28(38)39-25)33-27(36)32-21-4-5-22(30)23(31)12-21/h3-6,10-12,16-18H,2,7-9,13-15H2,1H3,(H2,32,33,36)/b25-11+. The SMILES string of the molecule is CCOc1ccc(C23CC4CC(CC(C4)C2)C3)cc1/C=C1/SC(=S)N(NC(=O)Nc2ccc(Cl)c(Cl)c2)C1=O. The van der Waals surface area contributed by atoms with Crippen LogP contribution in [0.5, 0.6) is 5.75 Å². The molecule has 204 valence electrons. The molecule has 2 aromatic rings. The molecule has 4 aliphatic carbocycles. The molecule has 3 amide bonds. The zero-order chi connectivity index (χ0) is 27.3. The van der Waals surface area contributed by atoms with Crippen molar-refractivity contribution in [3.8, 4) is 5.75 Å². The van der Waals surface area contributed by atoms with Crippen LogP contribution in [0.2, 0.25) is 10.0 Å². The Morgan fingerprint density at radius 3 is 2.44 bits per heavy atom. The summed E-state index contributed by atoms with van der Waals surface area (Å²) in [6, 6.07) is 10.6. The zero-order valence-corrected chi connectivity index (χ0v) is 24.6. The zero-order valence-electron chi connectivity index (χ0n) is 21.5. The lowest BCUT2D eigenvalue weighted by atomic mass is 9.48. The monoisotopic (exact) mass is 601 g/mol. The van der Waals surface area contributed by atoms with Gasteiger partial charge in [-0.3, -0.25) is 4.79 Å². The summed E-state index contributed by atoms with van der Waals surface area (Å²) < 4.78 is 6.19. The van der Waals surface area contributed by atoms with Crippen molar-refractivity contribution >= 4 is 75.2 Å². The van der Waals surface area contributed by atoms with Crippen molar-refractivity contribution < 1.29 is 14.3 Å². The van der Waals surface area contributed by atoms with Crippen LogP contribution in [-0.2, 0) is 10.2 Å². The van der Waals surface area contributed by atoms with E-state index in [1.165, 1.54) is 50.2 Å². The first-order chi connectivity index (χ1) is 18.7. The number of hydrogen-bond donors (Lipinski definition) is 2. The van der Waals surface area contributed by atoms with Gasteiger partial charge in [0.15, 0.2) is 4.32 Å². The van der Waals surface area contributed by atoms with Crippen molar-refractivity contribution in [2.24, 2.45) is 17.8 Å². The Bertz CT molecular complexity index is 1360. The maximum absolute atomic E-state index is 13.3. The third-order valence-corrected chi connectivity index (χ3v) is 10.5. The molecule has 2 aromatic carbocycles. The number of nitrogens with one attached hydrogen (secondary N) is 2. The van der Waals surface area contributed by atoms with Crippen LogP contribution in [0.15, 0.2) is 41.3 Å². The number of ether oxygens (including phenoxy) is 1. The molecular weight excluding hydrogens is 573 g/mol. The van der Waals surface area contributed by atoms with Crippen LogP contribution in [0.3, 0.4) is 0 Å². The number of thiocarbonyl (C=S) groups is 1. The predicted octanol–water partition coefficient (Wildman–Crippen LogP) is 7.80. The molecule has 5 aliphatic rings. The van der Waals surface area contributed by atoms with E-state index < -0.39 is 11.9 Å². The van der Waals surface area contributed by atoms with E-state index in [2.05, 4.69) is 22.9 Å². The lowest BCUT2D eigenvalue weighted by Crippen LogP contribution is -2.48. The average molecular weight is 603 g/mol. The third-order valence-electron chi connectivity index (χ3n) is 8.43. The van der Waals surface area contributed by atoms with E-state index in [0.29, 0.717) is 27.2 Å². The Morgan fingerprint density at radius 1 is 1.10 bits per heavy atom. The molecule has 5 fully saturated rings. The number of halogens is 2. The summed E-state index contributed by atoms with van der Waals surface area (Å²) in [5, 5.41) is 4.42. The first kappa shape index (κ1) is 26.9. The molecule has 1 saturated heterocycles. The molecule has 0 unspecified atom stereocenters. The number of carbonyl (C=O) groups excluding carboxylic acids is 2. The van der Waals surface area contributed by atoms with Crippen LogP contribution in [-0.4, -0.2) is 27.9 Å². The highest BCUT2D eigenvalue weighted by Crippen LogP contribution is 2.61. The molecule has 2 N–H and O–H groups in total. The maximum atomic E-state index is 13.3. The fourth-order valence-electron chi connectivity index (χ4n) is 7.28. The van der Waals surface area contributed by atoms with Gasteiger partial charge < -0.3 is 10.1 Å².